The van der Waals surface area contributed by atoms with Crippen molar-refractivity contribution in [3.63, 3.8) is 0 Å². The van der Waals surface area contributed by atoms with E-state index in [9.17, 15) is 0 Å². The number of aromatic nitrogens is 2. The van der Waals surface area contributed by atoms with Gasteiger partial charge in [0.05, 0.1) is 11.0 Å². The molecule has 1 aliphatic rings. The molecule has 0 saturated carbocycles. The molecule has 10 rings (SSSR count). The maximum atomic E-state index is 6.61. The zero-order chi connectivity index (χ0) is 33.0. The minimum atomic E-state index is -0.371. The first kappa shape index (κ1) is 28.2. The van der Waals surface area contributed by atoms with Gasteiger partial charge in [0.2, 0.25) is 0 Å². The zero-order valence-corrected chi connectivity index (χ0v) is 26.9. The molecule has 1 unspecified atom stereocenters. The van der Waals surface area contributed by atoms with E-state index in [2.05, 4.69) is 101 Å². The maximum Gasteiger partial charge on any atom is 0.160 e. The van der Waals surface area contributed by atoms with Gasteiger partial charge in [0, 0.05) is 44.4 Å². The third kappa shape index (κ3) is 4.61. The van der Waals surface area contributed by atoms with E-state index in [1.54, 1.807) is 0 Å². The molecule has 3 aromatic heterocycles. The van der Waals surface area contributed by atoms with Crippen LogP contribution in [0.15, 0.2) is 178 Å². The lowest BCUT2D eigenvalue weighted by Gasteiger charge is -2.23. The first-order valence-electron chi connectivity index (χ1n) is 16.7. The normalized spacial score (nSPS) is 14.6. The van der Waals surface area contributed by atoms with E-state index < -0.39 is 0 Å². The number of amidine groups is 2. The van der Waals surface area contributed by atoms with Crippen LogP contribution in [-0.2, 0) is 0 Å². The van der Waals surface area contributed by atoms with Crippen molar-refractivity contribution in [2.45, 2.75) is 6.17 Å². The summed E-state index contributed by atoms with van der Waals surface area (Å²) in [5.74, 6) is 2.25. The van der Waals surface area contributed by atoms with Gasteiger partial charge in [-0.25, -0.2) is 15.0 Å². The number of nitrogens with zero attached hydrogens (tertiary/aromatic N) is 4. The third-order valence-electron chi connectivity index (χ3n) is 9.52. The molecule has 0 amide bonds. The molecule has 0 saturated heterocycles. The molecule has 0 bridgehead atoms. The molecule has 6 nitrogen and oxygen atoms in total. The van der Waals surface area contributed by atoms with Crippen molar-refractivity contribution < 1.29 is 4.42 Å². The molecule has 6 heteroatoms. The lowest BCUT2D eigenvalue weighted by molar-refractivity contribution is 0.669. The highest BCUT2D eigenvalue weighted by Gasteiger charge is 2.23. The Kier molecular flexibility index (Phi) is 6.45. The summed E-state index contributed by atoms with van der Waals surface area (Å²) in [4.78, 5) is 15.1. The molecule has 4 heterocycles. The Morgan fingerprint density at radius 1 is 0.560 bits per heavy atom. The summed E-state index contributed by atoms with van der Waals surface area (Å²) in [6, 6.07) is 54.2. The summed E-state index contributed by atoms with van der Waals surface area (Å²) in [6.07, 6.45) is 1.55. The lowest BCUT2D eigenvalue weighted by atomic mass is 10.0. The Morgan fingerprint density at radius 3 is 2.00 bits per heavy atom. The number of para-hydroxylation sites is 1. The Balaban J connectivity index is 1.15. The van der Waals surface area contributed by atoms with Crippen molar-refractivity contribution in [2.75, 3.05) is 0 Å². The van der Waals surface area contributed by atoms with Crippen LogP contribution in [-0.4, -0.2) is 21.2 Å². The molecule has 9 aromatic rings. The van der Waals surface area contributed by atoms with Crippen LogP contribution in [0.25, 0.3) is 60.7 Å². The zero-order valence-electron chi connectivity index (χ0n) is 26.9. The molecule has 1 atom stereocenters. The van der Waals surface area contributed by atoms with Crippen LogP contribution in [0.5, 0.6) is 0 Å². The largest absolute Gasteiger partial charge is 0.454 e. The first-order valence-corrected chi connectivity index (χ1v) is 16.7. The quantitative estimate of drug-likeness (QED) is 0.203. The van der Waals surface area contributed by atoms with Crippen molar-refractivity contribution in [1.29, 1.82) is 0 Å². The van der Waals surface area contributed by atoms with E-state index in [4.69, 9.17) is 19.4 Å². The van der Waals surface area contributed by atoms with Crippen molar-refractivity contribution in [1.82, 2.24) is 14.9 Å². The van der Waals surface area contributed by atoms with E-state index in [1.807, 2.05) is 72.9 Å². The molecule has 1 aliphatic heterocycles. The van der Waals surface area contributed by atoms with Gasteiger partial charge in [-0.2, -0.15) is 0 Å². The van der Waals surface area contributed by atoms with Gasteiger partial charge in [0.25, 0.3) is 0 Å². The summed E-state index contributed by atoms with van der Waals surface area (Å²) in [5, 5.41) is 8.00. The van der Waals surface area contributed by atoms with Crippen molar-refractivity contribution in [3.05, 3.63) is 181 Å². The molecule has 0 aliphatic carbocycles. The van der Waals surface area contributed by atoms with Gasteiger partial charge in [-0.3, -0.25) is 4.57 Å². The maximum absolute atomic E-state index is 6.61. The van der Waals surface area contributed by atoms with Gasteiger partial charge < -0.3 is 9.73 Å². The molecule has 0 spiro atoms. The Labute approximate surface area is 287 Å². The average Bonchev–Trinajstić information content (AvgIpc) is 3.74. The minimum Gasteiger partial charge on any atom is -0.454 e. The van der Waals surface area contributed by atoms with Gasteiger partial charge in [0.15, 0.2) is 11.4 Å². The molecule has 1 N–H and O–H groups in total. The van der Waals surface area contributed by atoms with Gasteiger partial charge in [0.1, 0.15) is 23.4 Å². The van der Waals surface area contributed by atoms with Crippen LogP contribution in [0.1, 0.15) is 22.9 Å². The number of furan rings is 1. The second kappa shape index (κ2) is 11.4. The fourth-order valence-corrected chi connectivity index (χ4v) is 7.10. The average molecular weight is 644 g/mol. The highest BCUT2D eigenvalue weighted by molar-refractivity contribution is 6.21. The summed E-state index contributed by atoms with van der Waals surface area (Å²) in [6.45, 7) is 0. The fraction of sp³-hybridized carbons (Fsp3) is 0.0227. The topological polar surface area (TPSA) is 67.7 Å². The number of fused-ring (bicyclic) bond motifs is 7. The molecule has 0 fully saturated rings. The number of rotatable bonds is 5. The van der Waals surface area contributed by atoms with Crippen LogP contribution in [0, 0.1) is 0 Å². The second-order valence-electron chi connectivity index (χ2n) is 12.5. The number of nitrogens with one attached hydrogen (secondary N) is 1. The first-order chi connectivity index (χ1) is 24.8. The van der Waals surface area contributed by atoms with Gasteiger partial charge in [-0.1, -0.05) is 127 Å². The molecule has 236 valence electrons. The predicted octanol–water partition coefficient (Wildman–Crippen LogP) is 10.2. The Hall–Kier alpha value is -6.79. The van der Waals surface area contributed by atoms with E-state index in [-0.39, 0.29) is 6.17 Å². The number of benzene rings is 6. The van der Waals surface area contributed by atoms with Gasteiger partial charge in [-0.05, 0) is 41.5 Å². The third-order valence-corrected chi connectivity index (χ3v) is 9.52. The van der Waals surface area contributed by atoms with Crippen molar-refractivity contribution in [2.24, 2.45) is 9.98 Å². The number of hydrogen-bond donors (Lipinski definition) is 1. The number of aliphatic imine (C=N–C) groups is 2. The monoisotopic (exact) mass is 643 g/mol. The SMILES string of the molecule is c1ccc(C2=NC(c3ccc(-n4c5cc(-c6ccccc6)ccc5c5ccc6c7ccccc7oc6c54)nc3)NC(c3ccccc3)=N2)cc1. The fourth-order valence-electron chi connectivity index (χ4n) is 7.10. The second-order valence-corrected chi connectivity index (χ2v) is 12.5. The van der Waals surface area contributed by atoms with Crippen molar-refractivity contribution >= 4 is 55.4 Å². The smallest absolute Gasteiger partial charge is 0.160 e. The summed E-state index contributed by atoms with van der Waals surface area (Å²) in [5.41, 5.74) is 8.98. The van der Waals surface area contributed by atoms with Crippen molar-refractivity contribution in [3.8, 4) is 16.9 Å². The molecule has 50 heavy (non-hydrogen) atoms. The highest BCUT2D eigenvalue weighted by Crippen LogP contribution is 2.41. The molecular formula is C44H29N5O. The van der Waals surface area contributed by atoms with Gasteiger partial charge >= 0.3 is 0 Å². The Morgan fingerprint density at radius 2 is 1.24 bits per heavy atom. The molecule has 0 radical (unpaired) electrons. The van der Waals surface area contributed by atoms with E-state index >= 15 is 0 Å². The van der Waals surface area contributed by atoms with Crippen LogP contribution >= 0.6 is 0 Å². The van der Waals surface area contributed by atoms with Crippen LogP contribution < -0.4 is 5.32 Å². The van der Waals surface area contributed by atoms with Crippen LogP contribution in [0.4, 0.5) is 0 Å². The minimum absolute atomic E-state index is 0.371. The lowest BCUT2D eigenvalue weighted by Crippen LogP contribution is -2.33. The molecular weight excluding hydrogens is 615 g/mol. The standard InChI is InChI=1S/C44H29N5O/c1-4-12-28(13-5-1)31-20-22-33-35-23-24-36-34-18-10-11-19-38(34)50-41(36)40(35)49(37(33)26-31)39-25-21-32(27-45-39)44-47-42(29-14-6-2-7-15-29)46-43(48-44)30-16-8-3-9-17-30/h1-27,44H,(H,46,47,48). The van der Waals surface area contributed by atoms with E-state index in [0.29, 0.717) is 5.84 Å². The van der Waals surface area contributed by atoms with Gasteiger partial charge in [-0.15, -0.1) is 0 Å². The number of pyridine rings is 1. The van der Waals surface area contributed by atoms with Crippen LogP contribution in [0.2, 0.25) is 0 Å². The highest BCUT2D eigenvalue weighted by atomic mass is 16.3. The Bertz CT molecular complexity index is 2760. The van der Waals surface area contributed by atoms with Crippen LogP contribution in [0.3, 0.4) is 0 Å². The van der Waals surface area contributed by atoms with E-state index in [1.165, 1.54) is 0 Å². The number of hydrogen-bond acceptors (Lipinski definition) is 5. The summed E-state index contributed by atoms with van der Waals surface area (Å²) in [7, 11) is 0. The molecule has 6 aromatic carbocycles. The van der Waals surface area contributed by atoms with E-state index in [0.717, 1.165) is 83.2 Å². The predicted molar refractivity (Wildman–Crippen MR) is 203 cm³/mol. The summed E-state index contributed by atoms with van der Waals surface area (Å²) < 4.78 is 8.85. The summed E-state index contributed by atoms with van der Waals surface area (Å²) >= 11 is 0.